The van der Waals surface area contributed by atoms with E-state index in [1.54, 1.807) is 6.07 Å². The second-order valence-electron chi connectivity index (χ2n) is 6.47. The number of benzene rings is 2. The first-order valence-electron chi connectivity index (χ1n) is 9.32. The van der Waals surface area contributed by atoms with E-state index in [9.17, 15) is 13.2 Å². The Morgan fingerprint density at radius 3 is 2.33 bits per heavy atom. The molecule has 0 aliphatic heterocycles. The Kier molecular flexibility index (Phi) is 6.63. The predicted molar refractivity (Wildman–Crippen MR) is 114 cm³/mol. The third kappa shape index (κ3) is 5.32. The maximum absolute atomic E-state index is 12.6. The number of carbonyl (C=O) groups is 1. The number of anilines is 2. The van der Waals surface area contributed by atoms with Crippen molar-refractivity contribution in [3.8, 4) is 5.75 Å². The maximum Gasteiger partial charge on any atom is 0.265 e. The van der Waals surface area contributed by atoms with Gasteiger partial charge in [-0.1, -0.05) is 25.1 Å². The highest BCUT2D eigenvalue weighted by atomic mass is 32.2. The van der Waals surface area contributed by atoms with Gasteiger partial charge in [0, 0.05) is 18.1 Å². The molecule has 1 aromatic heterocycles. The summed E-state index contributed by atoms with van der Waals surface area (Å²) in [4.78, 5) is 20.3. The molecular formula is C21H22N4O4S. The van der Waals surface area contributed by atoms with Gasteiger partial charge >= 0.3 is 0 Å². The number of ether oxygens (including phenoxy) is 1. The lowest BCUT2D eigenvalue weighted by Crippen LogP contribution is -2.32. The van der Waals surface area contributed by atoms with Gasteiger partial charge < -0.3 is 10.1 Å². The summed E-state index contributed by atoms with van der Waals surface area (Å²) in [5.41, 5.74) is 1.40. The smallest absolute Gasteiger partial charge is 0.265 e. The molecule has 0 saturated heterocycles. The number of amides is 1. The van der Waals surface area contributed by atoms with Crippen LogP contribution in [-0.2, 0) is 14.8 Å². The van der Waals surface area contributed by atoms with E-state index in [0.717, 1.165) is 5.56 Å². The van der Waals surface area contributed by atoms with Gasteiger partial charge in [0.1, 0.15) is 5.75 Å². The van der Waals surface area contributed by atoms with Crippen molar-refractivity contribution in [2.24, 2.45) is 0 Å². The molecule has 0 unspecified atom stereocenters. The number of para-hydroxylation sites is 1. The fraction of sp³-hybridized carbons (Fsp3) is 0.190. The second-order valence-corrected chi connectivity index (χ2v) is 8.15. The number of carbonyl (C=O) groups excluding carboxylic acids is 1. The van der Waals surface area contributed by atoms with Gasteiger partial charge in [-0.3, -0.25) is 4.79 Å². The van der Waals surface area contributed by atoms with Crippen molar-refractivity contribution in [2.45, 2.75) is 31.3 Å². The van der Waals surface area contributed by atoms with E-state index in [4.69, 9.17) is 4.74 Å². The number of hydrogen-bond donors (Lipinski definition) is 2. The van der Waals surface area contributed by atoms with Crippen LogP contribution in [0.1, 0.15) is 18.9 Å². The molecule has 2 N–H and O–H groups in total. The molecule has 1 amide bonds. The summed E-state index contributed by atoms with van der Waals surface area (Å²) in [6, 6.07) is 14.9. The molecule has 0 aliphatic carbocycles. The Morgan fingerprint density at radius 2 is 1.70 bits per heavy atom. The molecule has 9 heteroatoms. The maximum atomic E-state index is 12.6. The number of sulfonamides is 1. The van der Waals surface area contributed by atoms with Crippen LogP contribution in [0.3, 0.4) is 0 Å². The minimum atomic E-state index is -3.84. The first kappa shape index (κ1) is 21.3. The SMILES string of the molecule is CC[C@@H](Oc1ccccc1C)C(=O)Nc1ccc(S(=O)(=O)Nc2ncccn2)cc1. The van der Waals surface area contributed by atoms with E-state index < -0.39 is 16.1 Å². The van der Waals surface area contributed by atoms with E-state index in [0.29, 0.717) is 17.9 Å². The second kappa shape index (κ2) is 9.36. The Morgan fingerprint density at radius 1 is 1.03 bits per heavy atom. The fourth-order valence-corrected chi connectivity index (χ4v) is 3.59. The molecule has 3 rings (SSSR count). The van der Waals surface area contributed by atoms with Gasteiger partial charge in [0.05, 0.1) is 4.90 Å². The summed E-state index contributed by atoms with van der Waals surface area (Å²) in [5.74, 6) is 0.316. The van der Waals surface area contributed by atoms with E-state index in [1.807, 2.05) is 38.1 Å². The number of aromatic nitrogens is 2. The van der Waals surface area contributed by atoms with Crippen LogP contribution in [-0.4, -0.2) is 30.4 Å². The van der Waals surface area contributed by atoms with Crippen molar-refractivity contribution in [1.29, 1.82) is 0 Å². The first-order valence-corrected chi connectivity index (χ1v) is 10.8. The lowest BCUT2D eigenvalue weighted by molar-refractivity contribution is -0.122. The highest BCUT2D eigenvalue weighted by Crippen LogP contribution is 2.20. The van der Waals surface area contributed by atoms with Gasteiger partial charge in [-0.2, -0.15) is 0 Å². The molecule has 0 fully saturated rings. The minimum Gasteiger partial charge on any atom is -0.480 e. The topological polar surface area (TPSA) is 110 Å². The summed E-state index contributed by atoms with van der Waals surface area (Å²) in [5, 5.41) is 2.76. The molecule has 1 atom stereocenters. The molecule has 8 nitrogen and oxygen atoms in total. The molecule has 2 aromatic carbocycles. The standard InChI is InChI=1S/C21H22N4O4S/c1-3-18(29-19-8-5-4-7-15(19)2)20(26)24-16-9-11-17(12-10-16)30(27,28)25-21-22-13-6-14-23-21/h4-14,18H,3H2,1-2H3,(H,24,26)(H,22,23,25)/t18-/m1/s1. The average Bonchev–Trinajstić information content (AvgIpc) is 2.74. The Labute approximate surface area is 175 Å². The quantitative estimate of drug-likeness (QED) is 0.571. The zero-order chi connectivity index (χ0) is 21.6. The number of aryl methyl sites for hydroxylation is 1. The molecule has 3 aromatic rings. The van der Waals surface area contributed by atoms with Gasteiger partial charge in [0.25, 0.3) is 15.9 Å². The van der Waals surface area contributed by atoms with E-state index in [1.165, 1.54) is 36.7 Å². The molecule has 1 heterocycles. The fourth-order valence-electron chi connectivity index (χ4n) is 2.64. The number of hydrogen-bond acceptors (Lipinski definition) is 6. The normalized spacial score (nSPS) is 12.1. The Bertz CT molecular complexity index is 1100. The van der Waals surface area contributed by atoms with Crippen molar-refractivity contribution >= 4 is 27.6 Å². The van der Waals surface area contributed by atoms with Crippen molar-refractivity contribution in [3.63, 3.8) is 0 Å². The summed E-state index contributed by atoms with van der Waals surface area (Å²) in [6.07, 6.45) is 2.68. The average molecular weight is 426 g/mol. The summed E-state index contributed by atoms with van der Waals surface area (Å²) < 4.78 is 33.0. The molecule has 156 valence electrons. The largest absolute Gasteiger partial charge is 0.480 e. The van der Waals surface area contributed by atoms with Gasteiger partial charge in [-0.05, 0) is 55.3 Å². The summed E-state index contributed by atoms with van der Waals surface area (Å²) in [6.45, 7) is 3.77. The number of nitrogens with zero attached hydrogens (tertiary/aromatic N) is 2. The molecule has 30 heavy (non-hydrogen) atoms. The van der Waals surface area contributed by atoms with Crippen LogP contribution in [0.2, 0.25) is 0 Å². The zero-order valence-corrected chi connectivity index (χ0v) is 17.4. The van der Waals surface area contributed by atoms with Gasteiger partial charge in [-0.15, -0.1) is 0 Å². The molecule has 0 aliphatic rings. The molecule has 0 bridgehead atoms. The van der Waals surface area contributed by atoms with Crippen LogP contribution in [0, 0.1) is 6.92 Å². The van der Waals surface area contributed by atoms with E-state index >= 15 is 0 Å². The van der Waals surface area contributed by atoms with Crippen LogP contribution in [0.5, 0.6) is 5.75 Å². The van der Waals surface area contributed by atoms with Gasteiger partial charge in [-0.25, -0.2) is 23.1 Å². The minimum absolute atomic E-state index is 0.0194. The number of rotatable bonds is 8. The monoisotopic (exact) mass is 426 g/mol. The zero-order valence-electron chi connectivity index (χ0n) is 16.6. The third-order valence-corrected chi connectivity index (χ3v) is 5.59. The molecule has 0 spiro atoms. The highest BCUT2D eigenvalue weighted by Gasteiger charge is 2.20. The van der Waals surface area contributed by atoms with Crippen LogP contribution in [0.25, 0.3) is 0 Å². The third-order valence-electron chi connectivity index (χ3n) is 4.25. The molecule has 0 saturated carbocycles. The Balaban J connectivity index is 1.67. The van der Waals surface area contributed by atoms with Crippen molar-refractivity contribution in [2.75, 3.05) is 10.0 Å². The van der Waals surface area contributed by atoms with Gasteiger partial charge in [0.2, 0.25) is 5.95 Å². The van der Waals surface area contributed by atoms with Crippen molar-refractivity contribution in [1.82, 2.24) is 9.97 Å². The highest BCUT2D eigenvalue weighted by molar-refractivity contribution is 7.92. The van der Waals surface area contributed by atoms with Crippen molar-refractivity contribution < 1.29 is 17.9 Å². The predicted octanol–water partition coefficient (Wildman–Crippen LogP) is 3.38. The van der Waals surface area contributed by atoms with E-state index in [-0.39, 0.29) is 16.8 Å². The lowest BCUT2D eigenvalue weighted by atomic mass is 10.2. The van der Waals surface area contributed by atoms with Crippen LogP contribution >= 0.6 is 0 Å². The van der Waals surface area contributed by atoms with Crippen molar-refractivity contribution in [3.05, 3.63) is 72.6 Å². The summed E-state index contributed by atoms with van der Waals surface area (Å²) >= 11 is 0. The van der Waals surface area contributed by atoms with E-state index in [2.05, 4.69) is 20.0 Å². The van der Waals surface area contributed by atoms with Crippen LogP contribution < -0.4 is 14.8 Å². The van der Waals surface area contributed by atoms with Crippen LogP contribution in [0.15, 0.2) is 71.9 Å². The number of nitrogens with one attached hydrogen (secondary N) is 2. The first-order chi connectivity index (χ1) is 14.4. The lowest BCUT2D eigenvalue weighted by Gasteiger charge is -2.18. The Hall–Kier alpha value is -3.46. The molecular weight excluding hydrogens is 404 g/mol. The molecule has 0 radical (unpaired) electrons. The van der Waals surface area contributed by atoms with Crippen LogP contribution in [0.4, 0.5) is 11.6 Å². The summed E-state index contributed by atoms with van der Waals surface area (Å²) in [7, 11) is -3.84. The van der Waals surface area contributed by atoms with Gasteiger partial charge in [0.15, 0.2) is 6.10 Å².